The van der Waals surface area contributed by atoms with Gasteiger partial charge >= 0.3 is 0 Å². The molecule has 0 fully saturated rings. The lowest BCUT2D eigenvalue weighted by Gasteiger charge is -2.08. The second-order valence-electron chi connectivity index (χ2n) is 3.28. The number of nitrogens with one attached hydrogen (secondary N) is 2. The lowest BCUT2D eigenvalue weighted by molar-refractivity contribution is 0.376. The molecule has 16 heavy (non-hydrogen) atoms. The van der Waals surface area contributed by atoms with Crippen LogP contribution in [0.3, 0.4) is 0 Å². The van der Waals surface area contributed by atoms with Crippen molar-refractivity contribution in [3.05, 3.63) is 11.7 Å². The van der Waals surface area contributed by atoms with E-state index in [4.69, 9.17) is 4.52 Å². The van der Waals surface area contributed by atoms with Gasteiger partial charge < -0.3 is 15.2 Å². The molecule has 90 valence electrons. The summed E-state index contributed by atoms with van der Waals surface area (Å²) in [6.45, 7) is 8.22. The van der Waals surface area contributed by atoms with Crippen molar-refractivity contribution in [2.75, 3.05) is 19.6 Å². The maximum Gasteiger partial charge on any atom is 0.228 e. The third-order valence-corrected chi connectivity index (χ3v) is 1.85. The fourth-order valence-electron chi connectivity index (χ4n) is 1.21. The highest BCUT2D eigenvalue weighted by atomic mass is 16.5. The number of aliphatic imine (C=N–C) groups is 1. The van der Waals surface area contributed by atoms with E-state index in [1.165, 1.54) is 0 Å². The Labute approximate surface area is 95.5 Å². The standard InChI is InChI=1S/C10H19N5O/c1-4-11-10(12-5-2)13-7-6-9-14-8(3)15-16-9/h4-7H2,1-3H3,(H2,11,12,13). The van der Waals surface area contributed by atoms with Crippen LogP contribution in [0.4, 0.5) is 0 Å². The zero-order valence-electron chi connectivity index (χ0n) is 10.1. The van der Waals surface area contributed by atoms with Crippen LogP contribution in [0, 0.1) is 6.92 Å². The summed E-state index contributed by atoms with van der Waals surface area (Å²) < 4.78 is 4.99. The SMILES string of the molecule is CCNC(=NCCc1nc(C)no1)NCC. The van der Waals surface area contributed by atoms with Gasteiger partial charge in [-0.15, -0.1) is 0 Å². The Morgan fingerprint density at radius 2 is 2.00 bits per heavy atom. The van der Waals surface area contributed by atoms with Crippen molar-refractivity contribution in [2.45, 2.75) is 27.2 Å². The smallest absolute Gasteiger partial charge is 0.228 e. The lowest BCUT2D eigenvalue weighted by Crippen LogP contribution is -2.37. The van der Waals surface area contributed by atoms with Gasteiger partial charge in [-0.05, 0) is 20.8 Å². The van der Waals surface area contributed by atoms with Crippen molar-refractivity contribution < 1.29 is 4.52 Å². The molecular weight excluding hydrogens is 206 g/mol. The predicted molar refractivity (Wildman–Crippen MR) is 62.4 cm³/mol. The Morgan fingerprint density at radius 3 is 2.50 bits per heavy atom. The van der Waals surface area contributed by atoms with Gasteiger partial charge in [0, 0.05) is 19.5 Å². The lowest BCUT2D eigenvalue weighted by atomic mass is 10.4. The number of nitrogens with zero attached hydrogens (tertiary/aromatic N) is 3. The first-order valence-corrected chi connectivity index (χ1v) is 5.57. The normalized spacial score (nSPS) is 9.94. The van der Waals surface area contributed by atoms with Gasteiger partial charge in [0.05, 0.1) is 6.54 Å². The molecule has 1 aromatic heterocycles. The number of hydrogen-bond donors (Lipinski definition) is 2. The summed E-state index contributed by atoms with van der Waals surface area (Å²) in [6.07, 6.45) is 0.668. The third kappa shape index (κ3) is 4.29. The molecule has 2 N–H and O–H groups in total. The largest absolute Gasteiger partial charge is 0.357 e. The van der Waals surface area contributed by atoms with Crippen molar-refractivity contribution in [1.29, 1.82) is 0 Å². The van der Waals surface area contributed by atoms with E-state index < -0.39 is 0 Å². The van der Waals surface area contributed by atoms with Gasteiger partial charge in [0.2, 0.25) is 5.89 Å². The number of aromatic nitrogens is 2. The average Bonchev–Trinajstić information content (AvgIpc) is 2.65. The molecule has 0 amide bonds. The van der Waals surface area contributed by atoms with Gasteiger partial charge in [-0.2, -0.15) is 4.98 Å². The van der Waals surface area contributed by atoms with Crippen LogP contribution in [0.5, 0.6) is 0 Å². The minimum Gasteiger partial charge on any atom is -0.357 e. The molecule has 0 bridgehead atoms. The highest BCUT2D eigenvalue weighted by Gasteiger charge is 2.01. The Kier molecular flexibility index (Phi) is 5.31. The molecule has 0 saturated heterocycles. The summed E-state index contributed by atoms with van der Waals surface area (Å²) in [7, 11) is 0. The summed E-state index contributed by atoms with van der Waals surface area (Å²) in [6, 6.07) is 0. The van der Waals surface area contributed by atoms with E-state index in [-0.39, 0.29) is 0 Å². The van der Waals surface area contributed by atoms with Gasteiger partial charge in [0.15, 0.2) is 11.8 Å². The maximum atomic E-state index is 4.99. The highest BCUT2D eigenvalue weighted by Crippen LogP contribution is 1.96. The van der Waals surface area contributed by atoms with Crippen LogP contribution in [-0.2, 0) is 6.42 Å². The Balaban J connectivity index is 2.38. The third-order valence-electron chi connectivity index (χ3n) is 1.85. The summed E-state index contributed by atoms with van der Waals surface area (Å²) >= 11 is 0. The molecule has 6 nitrogen and oxygen atoms in total. The number of aryl methyl sites for hydroxylation is 1. The quantitative estimate of drug-likeness (QED) is 0.563. The highest BCUT2D eigenvalue weighted by molar-refractivity contribution is 5.79. The molecule has 0 aromatic carbocycles. The number of hydrogen-bond acceptors (Lipinski definition) is 4. The van der Waals surface area contributed by atoms with E-state index in [9.17, 15) is 0 Å². The second kappa shape index (κ2) is 6.81. The van der Waals surface area contributed by atoms with Gasteiger partial charge in [0.25, 0.3) is 0 Å². The Hall–Kier alpha value is -1.59. The second-order valence-corrected chi connectivity index (χ2v) is 3.28. The summed E-state index contributed by atoms with van der Waals surface area (Å²) in [5.41, 5.74) is 0. The molecule has 0 radical (unpaired) electrons. The molecule has 0 saturated carbocycles. The molecule has 0 atom stereocenters. The summed E-state index contributed by atoms with van der Waals surface area (Å²) in [4.78, 5) is 8.49. The van der Waals surface area contributed by atoms with Gasteiger partial charge in [-0.25, -0.2) is 0 Å². The van der Waals surface area contributed by atoms with Crippen LogP contribution in [0.2, 0.25) is 0 Å². The van der Waals surface area contributed by atoms with Gasteiger partial charge in [-0.1, -0.05) is 5.16 Å². The molecule has 1 heterocycles. The van der Waals surface area contributed by atoms with Crippen LogP contribution in [-0.4, -0.2) is 35.7 Å². The Morgan fingerprint density at radius 1 is 1.31 bits per heavy atom. The Bertz CT molecular complexity index is 326. The topological polar surface area (TPSA) is 75.3 Å². The first kappa shape index (κ1) is 12.5. The zero-order valence-corrected chi connectivity index (χ0v) is 10.1. The van der Waals surface area contributed by atoms with E-state index in [0.717, 1.165) is 19.0 Å². The van der Waals surface area contributed by atoms with Crippen molar-refractivity contribution in [3.8, 4) is 0 Å². The van der Waals surface area contributed by atoms with E-state index in [1.807, 2.05) is 13.8 Å². The van der Waals surface area contributed by atoms with Gasteiger partial charge in [-0.3, -0.25) is 4.99 Å². The first-order valence-electron chi connectivity index (χ1n) is 5.57. The van der Waals surface area contributed by atoms with Crippen molar-refractivity contribution in [1.82, 2.24) is 20.8 Å². The molecule has 6 heteroatoms. The molecule has 0 aliphatic rings. The number of guanidine groups is 1. The van der Waals surface area contributed by atoms with E-state index in [1.54, 1.807) is 6.92 Å². The fraction of sp³-hybridized carbons (Fsp3) is 0.700. The van der Waals surface area contributed by atoms with E-state index >= 15 is 0 Å². The van der Waals surface area contributed by atoms with Crippen molar-refractivity contribution >= 4 is 5.96 Å². The molecule has 0 aliphatic heterocycles. The van der Waals surface area contributed by atoms with Crippen LogP contribution < -0.4 is 10.6 Å². The minimum atomic E-state index is 0.633. The summed E-state index contributed by atoms with van der Waals surface area (Å²) in [5, 5.41) is 10.0. The monoisotopic (exact) mass is 225 g/mol. The molecule has 0 unspecified atom stereocenters. The molecule has 1 aromatic rings. The fourth-order valence-corrected chi connectivity index (χ4v) is 1.21. The summed E-state index contributed by atoms with van der Waals surface area (Å²) in [5.74, 6) is 2.12. The first-order chi connectivity index (χ1) is 7.76. The van der Waals surface area contributed by atoms with Crippen LogP contribution >= 0.6 is 0 Å². The van der Waals surface area contributed by atoms with Crippen molar-refractivity contribution in [2.24, 2.45) is 4.99 Å². The predicted octanol–water partition coefficient (Wildman–Crippen LogP) is 0.496. The van der Waals surface area contributed by atoms with Crippen LogP contribution in [0.1, 0.15) is 25.6 Å². The molecular formula is C10H19N5O. The van der Waals surface area contributed by atoms with Crippen LogP contribution in [0.15, 0.2) is 9.52 Å². The molecule has 0 spiro atoms. The van der Waals surface area contributed by atoms with Crippen LogP contribution in [0.25, 0.3) is 0 Å². The maximum absolute atomic E-state index is 4.99. The zero-order chi connectivity index (χ0) is 11.8. The molecule has 0 aliphatic carbocycles. The average molecular weight is 225 g/mol. The minimum absolute atomic E-state index is 0.633. The van der Waals surface area contributed by atoms with Gasteiger partial charge in [0.1, 0.15) is 0 Å². The molecule has 1 rings (SSSR count). The van der Waals surface area contributed by atoms with Crippen molar-refractivity contribution in [3.63, 3.8) is 0 Å². The number of rotatable bonds is 5. The van der Waals surface area contributed by atoms with E-state index in [2.05, 4.69) is 25.8 Å². The van der Waals surface area contributed by atoms with E-state index in [0.29, 0.717) is 24.7 Å².